The second kappa shape index (κ2) is 6.28. The maximum absolute atomic E-state index is 11.8. The smallest absolute Gasteiger partial charge is 0.317 e. The molecule has 0 spiro atoms. The van der Waals surface area contributed by atoms with Gasteiger partial charge in [0.25, 0.3) is 0 Å². The molecular formula is C15H23N5O. The predicted molar refractivity (Wildman–Crippen MR) is 81.3 cm³/mol. The third-order valence-electron chi connectivity index (χ3n) is 4.15. The molecule has 6 nitrogen and oxygen atoms in total. The zero-order valence-corrected chi connectivity index (χ0v) is 12.5. The Hall–Kier alpha value is -1.85. The minimum Gasteiger partial charge on any atom is -0.367 e. The number of aromatic nitrogens is 2. The van der Waals surface area contributed by atoms with E-state index < -0.39 is 0 Å². The van der Waals surface area contributed by atoms with Crippen LogP contribution in [0.3, 0.4) is 0 Å². The summed E-state index contributed by atoms with van der Waals surface area (Å²) in [7, 11) is 0. The first-order valence-electron chi connectivity index (χ1n) is 7.87. The summed E-state index contributed by atoms with van der Waals surface area (Å²) in [5.74, 6) is 1.57. The van der Waals surface area contributed by atoms with Gasteiger partial charge in [-0.15, -0.1) is 0 Å². The second-order valence-electron chi connectivity index (χ2n) is 5.84. The molecule has 1 aliphatic heterocycles. The largest absolute Gasteiger partial charge is 0.367 e. The van der Waals surface area contributed by atoms with Crippen LogP contribution < -0.4 is 10.6 Å². The van der Waals surface area contributed by atoms with Crippen LogP contribution in [0.15, 0.2) is 12.4 Å². The molecule has 0 aromatic carbocycles. The van der Waals surface area contributed by atoms with E-state index in [2.05, 4.69) is 26.7 Å². The summed E-state index contributed by atoms with van der Waals surface area (Å²) in [6.07, 6.45) is 6.07. The minimum atomic E-state index is 0.0500. The van der Waals surface area contributed by atoms with Crippen molar-refractivity contribution in [2.45, 2.75) is 44.6 Å². The zero-order valence-electron chi connectivity index (χ0n) is 12.5. The second-order valence-corrected chi connectivity index (χ2v) is 5.84. The molecule has 1 saturated heterocycles. The number of rotatable bonds is 4. The quantitative estimate of drug-likeness (QED) is 0.889. The van der Waals surface area contributed by atoms with Crippen molar-refractivity contribution in [3.8, 4) is 0 Å². The first kappa shape index (κ1) is 14.1. The van der Waals surface area contributed by atoms with Gasteiger partial charge in [-0.3, -0.25) is 0 Å². The summed E-state index contributed by atoms with van der Waals surface area (Å²) in [6, 6.07) is 2.51. The Bertz CT molecular complexity index is 495. The molecule has 0 bridgehead atoms. The lowest BCUT2D eigenvalue weighted by molar-refractivity contribution is 0.184. The van der Waals surface area contributed by atoms with E-state index in [1.54, 1.807) is 6.33 Å². The number of likely N-dealkylation sites (tertiary alicyclic amines) is 1. The van der Waals surface area contributed by atoms with E-state index in [4.69, 9.17) is 0 Å². The van der Waals surface area contributed by atoms with Crippen LogP contribution in [0.5, 0.6) is 0 Å². The third-order valence-corrected chi connectivity index (χ3v) is 4.15. The molecule has 1 aliphatic carbocycles. The Kier molecular flexibility index (Phi) is 4.22. The molecule has 0 unspecified atom stereocenters. The summed E-state index contributed by atoms with van der Waals surface area (Å²) in [4.78, 5) is 22.3. The Labute approximate surface area is 125 Å². The minimum absolute atomic E-state index is 0.0500. The van der Waals surface area contributed by atoms with Crippen molar-refractivity contribution in [3.05, 3.63) is 18.1 Å². The summed E-state index contributed by atoms with van der Waals surface area (Å²) in [5, 5.41) is 6.34. The predicted octanol–water partition coefficient (Wildman–Crippen LogP) is 1.96. The highest BCUT2D eigenvalue weighted by Crippen LogP contribution is 2.39. The number of urea groups is 1. The van der Waals surface area contributed by atoms with Crippen LogP contribution in [0.25, 0.3) is 0 Å². The molecule has 3 rings (SSSR count). The monoisotopic (exact) mass is 289 g/mol. The van der Waals surface area contributed by atoms with Gasteiger partial charge in [0, 0.05) is 43.4 Å². The maximum Gasteiger partial charge on any atom is 0.317 e. The average molecular weight is 289 g/mol. The van der Waals surface area contributed by atoms with Crippen molar-refractivity contribution in [3.63, 3.8) is 0 Å². The molecule has 1 aromatic heterocycles. The highest BCUT2D eigenvalue weighted by molar-refractivity contribution is 5.74. The molecule has 0 radical (unpaired) electrons. The van der Waals surface area contributed by atoms with Crippen molar-refractivity contribution in [2.24, 2.45) is 0 Å². The number of hydrogen-bond acceptors (Lipinski definition) is 4. The fourth-order valence-corrected chi connectivity index (χ4v) is 2.75. The van der Waals surface area contributed by atoms with Crippen molar-refractivity contribution in [2.75, 3.05) is 25.0 Å². The van der Waals surface area contributed by atoms with E-state index in [0.717, 1.165) is 37.4 Å². The lowest BCUT2D eigenvalue weighted by atomic mass is 10.1. The Morgan fingerprint density at radius 2 is 2.05 bits per heavy atom. The topological polar surface area (TPSA) is 70.2 Å². The van der Waals surface area contributed by atoms with Crippen LogP contribution in [-0.4, -0.2) is 46.6 Å². The molecule has 21 heavy (non-hydrogen) atoms. The van der Waals surface area contributed by atoms with Crippen LogP contribution in [0.2, 0.25) is 0 Å². The molecule has 2 N–H and O–H groups in total. The van der Waals surface area contributed by atoms with Crippen molar-refractivity contribution in [1.82, 2.24) is 20.2 Å². The fourth-order valence-electron chi connectivity index (χ4n) is 2.75. The zero-order chi connectivity index (χ0) is 14.7. The molecule has 1 aromatic rings. The first-order chi connectivity index (χ1) is 10.3. The molecule has 6 heteroatoms. The standard InChI is InChI=1S/C15H23N5O/c1-2-16-15(21)20-7-5-12(6-8-20)19-14-9-13(11-3-4-11)17-10-18-14/h9-12H,2-8H2,1H3,(H,16,21)(H,17,18,19). The number of nitrogens with zero attached hydrogens (tertiary/aromatic N) is 3. The van der Waals surface area contributed by atoms with Gasteiger partial charge in [0.1, 0.15) is 12.1 Å². The molecule has 0 atom stereocenters. The molecule has 1 saturated carbocycles. The Morgan fingerprint density at radius 1 is 1.29 bits per heavy atom. The Balaban J connectivity index is 1.51. The molecule has 2 fully saturated rings. The van der Waals surface area contributed by atoms with Gasteiger partial charge < -0.3 is 15.5 Å². The summed E-state index contributed by atoms with van der Waals surface area (Å²) >= 11 is 0. The van der Waals surface area contributed by atoms with Crippen LogP contribution in [0.1, 0.15) is 44.2 Å². The highest BCUT2D eigenvalue weighted by Gasteiger charge is 2.26. The molecule has 2 amide bonds. The van der Waals surface area contributed by atoms with Gasteiger partial charge in [0.05, 0.1) is 0 Å². The number of nitrogens with one attached hydrogen (secondary N) is 2. The normalized spacial score (nSPS) is 19.4. The van der Waals surface area contributed by atoms with E-state index in [9.17, 15) is 4.79 Å². The van der Waals surface area contributed by atoms with E-state index in [0.29, 0.717) is 18.5 Å². The number of piperidine rings is 1. The van der Waals surface area contributed by atoms with Gasteiger partial charge in [-0.2, -0.15) is 0 Å². The van der Waals surface area contributed by atoms with Crippen molar-refractivity contribution < 1.29 is 4.79 Å². The van der Waals surface area contributed by atoms with E-state index >= 15 is 0 Å². The maximum atomic E-state index is 11.8. The summed E-state index contributed by atoms with van der Waals surface area (Å²) < 4.78 is 0. The summed E-state index contributed by atoms with van der Waals surface area (Å²) in [6.45, 7) is 4.22. The van der Waals surface area contributed by atoms with Gasteiger partial charge in [-0.05, 0) is 32.6 Å². The number of amides is 2. The van der Waals surface area contributed by atoms with E-state index in [1.165, 1.54) is 12.8 Å². The number of hydrogen-bond donors (Lipinski definition) is 2. The van der Waals surface area contributed by atoms with Gasteiger partial charge >= 0.3 is 6.03 Å². The molecular weight excluding hydrogens is 266 g/mol. The van der Waals surface area contributed by atoms with Crippen LogP contribution in [0, 0.1) is 0 Å². The number of anilines is 1. The lowest BCUT2D eigenvalue weighted by Crippen LogP contribution is -2.46. The van der Waals surface area contributed by atoms with Crippen molar-refractivity contribution in [1.29, 1.82) is 0 Å². The SMILES string of the molecule is CCNC(=O)N1CCC(Nc2cc(C3CC3)ncn2)CC1. The molecule has 2 aliphatic rings. The lowest BCUT2D eigenvalue weighted by Gasteiger charge is -2.32. The fraction of sp³-hybridized carbons (Fsp3) is 0.667. The van der Waals surface area contributed by atoms with E-state index in [-0.39, 0.29) is 6.03 Å². The first-order valence-corrected chi connectivity index (χ1v) is 7.87. The Morgan fingerprint density at radius 3 is 2.71 bits per heavy atom. The average Bonchev–Trinajstić information content (AvgIpc) is 3.33. The van der Waals surface area contributed by atoms with Crippen LogP contribution in [0.4, 0.5) is 10.6 Å². The molecule has 2 heterocycles. The number of carbonyl (C=O) groups is 1. The van der Waals surface area contributed by atoms with E-state index in [1.807, 2.05) is 11.8 Å². The van der Waals surface area contributed by atoms with Gasteiger partial charge in [0.2, 0.25) is 0 Å². The van der Waals surface area contributed by atoms with Crippen molar-refractivity contribution >= 4 is 11.8 Å². The molecule has 114 valence electrons. The van der Waals surface area contributed by atoms with Crippen LogP contribution >= 0.6 is 0 Å². The highest BCUT2D eigenvalue weighted by atomic mass is 16.2. The third kappa shape index (κ3) is 3.62. The van der Waals surface area contributed by atoms with Gasteiger partial charge in [-0.25, -0.2) is 14.8 Å². The van der Waals surface area contributed by atoms with Crippen LogP contribution in [-0.2, 0) is 0 Å². The van der Waals surface area contributed by atoms with Gasteiger partial charge in [-0.1, -0.05) is 0 Å². The number of carbonyl (C=O) groups excluding carboxylic acids is 1. The summed E-state index contributed by atoms with van der Waals surface area (Å²) in [5.41, 5.74) is 1.16. The van der Waals surface area contributed by atoms with Gasteiger partial charge in [0.15, 0.2) is 0 Å².